The first kappa shape index (κ1) is 14.8. The number of carboxylic acids is 1. The number of carboxylic acid groups (broad SMARTS) is 1. The van der Waals surface area contributed by atoms with Crippen molar-refractivity contribution in [3.63, 3.8) is 0 Å². The fourth-order valence-corrected chi connectivity index (χ4v) is 3.38. The minimum absolute atomic E-state index is 0.101. The first-order valence-electron chi connectivity index (χ1n) is 6.14. The normalized spacial score (nSPS) is 15.8. The highest BCUT2D eigenvalue weighted by atomic mass is 32.2. The average Bonchev–Trinajstić information content (AvgIpc) is 3.07. The number of halogens is 1. The Morgan fingerprint density at radius 1 is 1.50 bits per heavy atom. The summed E-state index contributed by atoms with van der Waals surface area (Å²) < 4.78 is 13.4. The Balaban J connectivity index is 1.87. The van der Waals surface area contributed by atoms with Gasteiger partial charge >= 0.3 is 11.7 Å². The lowest BCUT2D eigenvalue weighted by atomic mass is 10.1. The molecule has 0 bridgehead atoms. The van der Waals surface area contributed by atoms with Gasteiger partial charge in [-0.2, -0.15) is 16.2 Å². The molecule has 108 valence electrons. The number of thioether (sulfide) groups is 1. The molecule has 0 spiro atoms. The van der Waals surface area contributed by atoms with E-state index in [4.69, 9.17) is 5.11 Å². The van der Waals surface area contributed by atoms with Crippen molar-refractivity contribution < 1.29 is 19.2 Å². The van der Waals surface area contributed by atoms with Crippen molar-refractivity contribution >= 4 is 23.4 Å². The summed E-state index contributed by atoms with van der Waals surface area (Å²) in [6.07, 6.45) is 2.01. The van der Waals surface area contributed by atoms with Crippen LogP contribution >= 0.6 is 11.8 Å². The molecule has 0 radical (unpaired) electrons. The molecule has 0 heterocycles. The number of hydrogen-bond donors (Lipinski definition) is 1. The number of hydrogen-bond acceptors (Lipinski definition) is 4. The predicted octanol–water partition coefficient (Wildman–Crippen LogP) is 3.22. The van der Waals surface area contributed by atoms with Gasteiger partial charge in [0.25, 0.3) is 0 Å². The molecule has 0 aliphatic heterocycles. The summed E-state index contributed by atoms with van der Waals surface area (Å²) in [5.41, 5.74) is 0.0445. The summed E-state index contributed by atoms with van der Waals surface area (Å²) in [5, 5.41) is 19.3. The lowest BCUT2D eigenvalue weighted by Gasteiger charge is -2.11. The highest BCUT2D eigenvalue weighted by molar-refractivity contribution is 7.98. The van der Waals surface area contributed by atoms with Crippen LogP contribution in [0.2, 0.25) is 0 Å². The van der Waals surface area contributed by atoms with E-state index in [1.165, 1.54) is 12.1 Å². The number of rotatable bonds is 7. The van der Waals surface area contributed by atoms with E-state index in [1.54, 1.807) is 11.8 Å². The zero-order valence-electron chi connectivity index (χ0n) is 10.7. The Hall–Kier alpha value is -1.63. The van der Waals surface area contributed by atoms with Gasteiger partial charge in [0.1, 0.15) is 0 Å². The van der Waals surface area contributed by atoms with Crippen LogP contribution in [0.15, 0.2) is 18.2 Å². The standard InChI is InChI=1S/C13H14FNO4S/c14-10-5-9(1-2-11(10)15(18)19)7-20-8-13(3-4-13)6-12(16)17/h1-2,5H,3-4,6-8H2,(H,16,17). The summed E-state index contributed by atoms with van der Waals surface area (Å²) in [4.78, 5) is 20.5. The van der Waals surface area contributed by atoms with Gasteiger partial charge in [-0.25, -0.2) is 0 Å². The van der Waals surface area contributed by atoms with Crippen LogP contribution in [0.3, 0.4) is 0 Å². The minimum atomic E-state index is -0.834. The third-order valence-corrected chi connectivity index (χ3v) is 4.72. The molecule has 5 nitrogen and oxygen atoms in total. The monoisotopic (exact) mass is 299 g/mol. The van der Waals surface area contributed by atoms with Crippen LogP contribution in [-0.2, 0) is 10.5 Å². The molecular formula is C13H14FNO4S. The Morgan fingerprint density at radius 2 is 2.20 bits per heavy atom. The Kier molecular flexibility index (Phi) is 4.27. The topological polar surface area (TPSA) is 80.4 Å². The molecule has 1 saturated carbocycles. The maximum Gasteiger partial charge on any atom is 0.304 e. The van der Waals surface area contributed by atoms with E-state index >= 15 is 0 Å². The Morgan fingerprint density at radius 3 is 2.70 bits per heavy atom. The third-order valence-electron chi connectivity index (χ3n) is 3.37. The first-order chi connectivity index (χ1) is 9.42. The molecule has 1 aliphatic rings. The Bertz CT molecular complexity index is 545. The number of nitro benzene ring substituents is 1. The fraction of sp³-hybridized carbons (Fsp3) is 0.462. The second kappa shape index (κ2) is 5.78. The number of aliphatic carboxylic acids is 1. The van der Waals surface area contributed by atoms with Crippen LogP contribution in [0.1, 0.15) is 24.8 Å². The van der Waals surface area contributed by atoms with Gasteiger partial charge in [-0.3, -0.25) is 14.9 Å². The van der Waals surface area contributed by atoms with Crippen molar-refractivity contribution in [2.24, 2.45) is 5.41 Å². The van der Waals surface area contributed by atoms with Gasteiger partial charge in [-0.15, -0.1) is 0 Å². The smallest absolute Gasteiger partial charge is 0.304 e. The van der Waals surface area contributed by atoms with Crippen LogP contribution in [-0.4, -0.2) is 21.8 Å². The molecular weight excluding hydrogens is 285 g/mol. The maximum atomic E-state index is 13.4. The van der Waals surface area contributed by atoms with Crippen molar-refractivity contribution in [1.29, 1.82) is 0 Å². The van der Waals surface area contributed by atoms with Crippen LogP contribution in [0.4, 0.5) is 10.1 Å². The largest absolute Gasteiger partial charge is 0.481 e. The quantitative estimate of drug-likeness (QED) is 0.617. The van der Waals surface area contributed by atoms with E-state index in [-0.39, 0.29) is 11.8 Å². The van der Waals surface area contributed by atoms with Gasteiger partial charge < -0.3 is 5.11 Å². The van der Waals surface area contributed by atoms with E-state index in [0.29, 0.717) is 11.3 Å². The molecule has 1 aromatic carbocycles. The second-order valence-corrected chi connectivity index (χ2v) is 6.09. The van der Waals surface area contributed by atoms with E-state index in [2.05, 4.69) is 0 Å². The molecule has 1 aromatic rings. The number of benzene rings is 1. The van der Waals surface area contributed by atoms with E-state index in [1.807, 2.05) is 0 Å². The molecule has 7 heteroatoms. The van der Waals surface area contributed by atoms with Crippen LogP contribution in [0.5, 0.6) is 0 Å². The molecule has 0 saturated heterocycles. The maximum absolute atomic E-state index is 13.4. The highest BCUT2D eigenvalue weighted by Gasteiger charge is 2.44. The average molecular weight is 299 g/mol. The van der Waals surface area contributed by atoms with Gasteiger partial charge in [-0.1, -0.05) is 6.07 Å². The molecule has 0 atom stereocenters. The zero-order chi connectivity index (χ0) is 14.8. The van der Waals surface area contributed by atoms with Crippen molar-refractivity contribution in [1.82, 2.24) is 0 Å². The molecule has 0 unspecified atom stereocenters. The van der Waals surface area contributed by atoms with Gasteiger partial charge in [0, 0.05) is 11.8 Å². The summed E-state index contributed by atoms with van der Waals surface area (Å²) >= 11 is 1.54. The van der Waals surface area contributed by atoms with Gasteiger partial charge in [0.2, 0.25) is 5.82 Å². The predicted molar refractivity (Wildman–Crippen MR) is 73.1 cm³/mol. The molecule has 0 aromatic heterocycles. The number of nitrogens with zero attached hydrogens (tertiary/aromatic N) is 1. The lowest BCUT2D eigenvalue weighted by molar-refractivity contribution is -0.387. The van der Waals surface area contributed by atoms with E-state index in [0.717, 1.165) is 24.7 Å². The van der Waals surface area contributed by atoms with Crippen LogP contribution in [0.25, 0.3) is 0 Å². The second-order valence-electron chi connectivity index (χ2n) is 5.11. The van der Waals surface area contributed by atoms with Crippen molar-refractivity contribution in [3.8, 4) is 0 Å². The number of nitro groups is 1. The van der Waals surface area contributed by atoms with Gasteiger partial charge in [-0.05, 0) is 35.6 Å². The van der Waals surface area contributed by atoms with Crippen molar-refractivity contribution in [2.75, 3.05) is 5.75 Å². The Labute approximate surface area is 119 Å². The summed E-state index contributed by atoms with van der Waals surface area (Å²) in [6, 6.07) is 3.86. The van der Waals surface area contributed by atoms with E-state index < -0.39 is 22.4 Å². The third kappa shape index (κ3) is 3.69. The molecule has 1 aliphatic carbocycles. The summed E-state index contributed by atoms with van der Waals surface area (Å²) in [6.45, 7) is 0. The molecule has 2 rings (SSSR count). The molecule has 0 amide bonds. The van der Waals surface area contributed by atoms with Gasteiger partial charge in [0.15, 0.2) is 0 Å². The SMILES string of the molecule is O=C(O)CC1(CSCc2ccc([N+](=O)[O-])c(F)c2)CC1. The molecule has 20 heavy (non-hydrogen) atoms. The molecule has 1 N–H and O–H groups in total. The highest BCUT2D eigenvalue weighted by Crippen LogP contribution is 2.51. The first-order valence-corrected chi connectivity index (χ1v) is 7.30. The van der Waals surface area contributed by atoms with E-state index in [9.17, 15) is 19.3 Å². The van der Waals surface area contributed by atoms with Crippen molar-refractivity contribution in [2.45, 2.75) is 25.0 Å². The molecule has 1 fully saturated rings. The van der Waals surface area contributed by atoms with Crippen molar-refractivity contribution in [3.05, 3.63) is 39.7 Å². The van der Waals surface area contributed by atoms with Gasteiger partial charge in [0.05, 0.1) is 11.3 Å². The number of carbonyl (C=O) groups is 1. The van der Waals surface area contributed by atoms with Crippen LogP contribution < -0.4 is 0 Å². The van der Waals surface area contributed by atoms with Crippen LogP contribution in [0, 0.1) is 21.3 Å². The summed E-state index contributed by atoms with van der Waals surface area (Å²) in [5.74, 6) is -0.377. The zero-order valence-corrected chi connectivity index (χ0v) is 11.5. The lowest BCUT2D eigenvalue weighted by Crippen LogP contribution is -2.11. The summed E-state index contributed by atoms with van der Waals surface area (Å²) in [7, 11) is 0. The fourth-order valence-electron chi connectivity index (χ4n) is 2.04. The minimum Gasteiger partial charge on any atom is -0.481 e.